The van der Waals surface area contributed by atoms with Gasteiger partial charge >= 0.3 is 0 Å². The monoisotopic (exact) mass is 294 g/mol. The fourth-order valence-corrected chi connectivity index (χ4v) is 3.16. The summed E-state index contributed by atoms with van der Waals surface area (Å²) in [5.74, 6) is -0.0553. The summed E-state index contributed by atoms with van der Waals surface area (Å²) in [5.41, 5.74) is 0.372. The highest BCUT2D eigenvalue weighted by molar-refractivity contribution is 5.85. The molecule has 3 nitrogen and oxygen atoms in total. The number of rotatable bonds is 6. The first-order valence-corrected chi connectivity index (χ1v) is 7.54. The highest BCUT2D eigenvalue weighted by atomic mass is 19.1. The van der Waals surface area contributed by atoms with Crippen molar-refractivity contribution in [2.24, 2.45) is 5.92 Å². The van der Waals surface area contributed by atoms with E-state index in [9.17, 15) is 9.18 Å². The molecule has 1 aromatic carbocycles. The minimum atomic E-state index is -0.452. The Hall–Kier alpha value is -1.42. The fraction of sp³-hybridized carbons (Fsp3) is 0.588. The van der Waals surface area contributed by atoms with E-state index in [0.29, 0.717) is 5.56 Å². The maximum atomic E-state index is 14.1. The van der Waals surface area contributed by atoms with Gasteiger partial charge in [-0.3, -0.25) is 4.79 Å². The van der Waals surface area contributed by atoms with Crippen LogP contribution in [0.5, 0.6) is 5.75 Å². The Morgan fingerprint density at radius 2 is 2.00 bits per heavy atom. The van der Waals surface area contributed by atoms with Gasteiger partial charge in [-0.25, -0.2) is 4.39 Å². The van der Waals surface area contributed by atoms with Crippen molar-refractivity contribution in [1.82, 2.24) is 0 Å². The van der Waals surface area contributed by atoms with Crippen LogP contribution in [0.4, 0.5) is 4.39 Å². The number of hydrogen-bond donors (Lipinski definition) is 0. The topological polar surface area (TPSA) is 35.5 Å². The maximum absolute atomic E-state index is 14.1. The molecule has 1 atom stereocenters. The van der Waals surface area contributed by atoms with Gasteiger partial charge < -0.3 is 9.47 Å². The van der Waals surface area contributed by atoms with E-state index in [2.05, 4.69) is 0 Å². The molecule has 2 rings (SSSR count). The minimum absolute atomic E-state index is 0.0449. The molecule has 21 heavy (non-hydrogen) atoms. The molecule has 4 heteroatoms. The van der Waals surface area contributed by atoms with Crippen molar-refractivity contribution < 1.29 is 18.7 Å². The summed E-state index contributed by atoms with van der Waals surface area (Å²) in [6.45, 7) is 0. The van der Waals surface area contributed by atoms with E-state index in [1.54, 1.807) is 25.3 Å². The van der Waals surface area contributed by atoms with E-state index < -0.39 is 11.9 Å². The normalized spacial score (nSPS) is 17.5. The Morgan fingerprint density at radius 1 is 1.29 bits per heavy atom. The van der Waals surface area contributed by atoms with Gasteiger partial charge in [-0.2, -0.15) is 0 Å². The molecule has 1 unspecified atom stereocenters. The predicted octanol–water partition coefficient (Wildman–Crippen LogP) is 3.54. The third kappa shape index (κ3) is 3.82. The lowest BCUT2D eigenvalue weighted by Crippen LogP contribution is -2.34. The molecule has 1 aromatic rings. The number of methoxy groups -OCH3 is 2. The minimum Gasteiger partial charge on any atom is -0.494 e. The summed E-state index contributed by atoms with van der Waals surface area (Å²) >= 11 is 0. The van der Waals surface area contributed by atoms with Crippen molar-refractivity contribution in [2.45, 2.75) is 44.6 Å². The summed E-state index contributed by atoms with van der Waals surface area (Å²) in [5, 5.41) is 0. The van der Waals surface area contributed by atoms with Crippen molar-refractivity contribution in [3.63, 3.8) is 0 Å². The van der Waals surface area contributed by atoms with Crippen molar-refractivity contribution in [1.29, 1.82) is 0 Å². The summed E-state index contributed by atoms with van der Waals surface area (Å²) in [7, 11) is 2.99. The third-order valence-corrected chi connectivity index (χ3v) is 4.28. The van der Waals surface area contributed by atoms with Crippen LogP contribution in [-0.4, -0.2) is 26.1 Å². The van der Waals surface area contributed by atoms with Crippen LogP contribution in [0, 0.1) is 11.7 Å². The molecule has 0 aliphatic heterocycles. The van der Waals surface area contributed by atoms with E-state index in [1.165, 1.54) is 13.5 Å². The van der Waals surface area contributed by atoms with Crippen LogP contribution in [-0.2, 0) is 16.0 Å². The number of benzene rings is 1. The molecule has 1 aliphatic rings. The number of carbonyl (C=O) groups is 1. The van der Waals surface area contributed by atoms with Crippen LogP contribution in [0.3, 0.4) is 0 Å². The summed E-state index contributed by atoms with van der Waals surface area (Å²) in [6.07, 6.45) is 5.19. The van der Waals surface area contributed by atoms with Gasteiger partial charge in [-0.1, -0.05) is 31.4 Å². The van der Waals surface area contributed by atoms with Gasteiger partial charge in [0.25, 0.3) is 0 Å². The predicted molar refractivity (Wildman–Crippen MR) is 79.0 cm³/mol. The molecule has 1 saturated carbocycles. The molecule has 0 amide bonds. The van der Waals surface area contributed by atoms with Gasteiger partial charge in [0.1, 0.15) is 6.10 Å². The zero-order chi connectivity index (χ0) is 15.2. The quantitative estimate of drug-likeness (QED) is 0.805. The van der Waals surface area contributed by atoms with E-state index in [-0.39, 0.29) is 23.9 Å². The van der Waals surface area contributed by atoms with Gasteiger partial charge in [0.05, 0.1) is 7.11 Å². The Balaban J connectivity index is 2.08. The summed E-state index contributed by atoms with van der Waals surface area (Å²) < 4.78 is 24.5. The molecule has 0 aromatic heterocycles. The van der Waals surface area contributed by atoms with Crippen LogP contribution in [0.25, 0.3) is 0 Å². The van der Waals surface area contributed by atoms with Gasteiger partial charge in [-0.05, 0) is 30.4 Å². The number of carbonyl (C=O) groups excluding carboxylic acids is 1. The average Bonchev–Trinajstić information content (AvgIpc) is 2.51. The van der Waals surface area contributed by atoms with E-state index >= 15 is 0 Å². The number of hydrogen-bond acceptors (Lipinski definition) is 3. The van der Waals surface area contributed by atoms with Crippen LogP contribution in [0.2, 0.25) is 0 Å². The number of ether oxygens (including phenoxy) is 2. The standard InChI is InChI=1S/C17H23FO3/c1-20-15-10-6-9-13(16(15)18)11-14(19)17(21-2)12-7-4-3-5-8-12/h6,9-10,12,17H,3-5,7-8,11H2,1-2H3. The average molecular weight is 294 g/mol. The molecular formula is C17H23FO3. The Morgan fingerprint density at radius 3 is 2.62 bits per heavy atom. The largest absolute Gasteiger partial charge is 0.494 e. The first kappa shape index (κ1) is 16.0. The highest BCUT2D eigenvalue weighted by Gasteiger charge is 2.29. The van der Waals surface area contributed by atoms with Crippen LogP contribution >= 0.6 is 0 Å². The number of Topliss-reactive ketones (excluding diaryl/α,β-unsaturated/α-hetero) is 1. The van der Waals surface area contributed by atoms with Crippen molar-refractivity contribution in [3.8, 4) is 5.75 Å². The Kier molecular flexibility index (Phi) is 5.74. The summed E-state index contributed by atoms with van der Waals surface area (Å²) in [4.78, 5) is 12.5. The lowest BCUT2D eigenvalue weighted by Gasteiger charge is -2.28. The van der Waals surface area contributed by atoms with E-state index in [1.807, 2.05) is 0 Å². The molecule has 0 radical (unpaired) electrons. The first-order chi connectivity index (χ1) is 10.2. The van der Waals surface area contributed by atoms with Crippen molar-refractivity contribution in [3.05, 3.63) is 29.6 Å². The van der Waals surface area contributed by atoms with Crippen molar-refractivity contribution in [2.75, 3.05) is 14.2 Å². The van der Waals surface area contributed by atoms with E-state index in [4.69, 9.17) is 9.47 Å². The smallest absolute Gasteiger partial charge is 0.168 e. The molecule has 0 saturated heterocycles. The number of ketones is 1. The lowest BCUT2D eigenvalue weighted by atomic mass is 9.82. The van der Waals surface area contributed by atoms with Gasteiger partial charge in [-0.15, -0.1) is 0 Å². The molecule has 0 heterocycles. The zero-order valence-corrected chi connectivity index (χ0v) is 12.7. The maximum Gasteiger partial charge on any atom is 0.168 e. The third-order valence-electron chi connectivity index (χ3n) is 4.28. The lowest BCUT2D eigenvalue weighted by molar-refractivity contribution is -0.132. The van der Waals surface area contributed by atoms with Crippen LogP contribution in [0.15, 0.2) is 18.2 Å². The summed E-state index contributed by atoms with van der Waals surface area (Å²) in [6, 6.07) is 4.88. The van der Waals surface area contributed by atoms with Gasteiger partial charge in [0, 0.05) is 13.5 Å². The van der Waals surface area contributed by atoms with Crippen LogP contribution < -0.4 is 4.74 Å². The van der Waals surface area contributed by atoms with Crippen molar-refractivity contribution >= 4 is 5.78 Å². The highest BCUT2D eigenvalue weighted by Crippen LogP contribution is 2.29. The first-order valence-electron chi connectivity index (χ1n) is 7.54. The van der Waals surface area contributed by atoms with Gasteiger partial charge in [0.2, 0.25) is 0 Å². The zero-order valence-electron chi connectivity index (χ0n) is 12.7. The SMILES string of the molecule is COc1cccc(CC(=O)C(OC)C2CCCCC2)c1F. The fourth-order valence-electron chi connectivity index (χ4n) is 3.16. The second kappa shape index (κ2) is 7.55. The van der Waals surface area contributed by atoms with Crippen LogP contribution in [0.1, 0.15) is 37.7 Å². The number of halogens is 1. The molecule has 0 N–H and O–H groups in total. The molecule has 116 valence electrons. The molecule has 1 aliphatic carbocycles. The molecular weight excluding hydrogens is 271 g/mol. The Labute approximate surface area is 125 Å². The second-order valence-corrected chi connectivity index (χ2v) is 5.63. The Bertz CT molecular complexity index is 481. The second-order valence-electron chi connectivity index (χ2n) is 5.63. The molecule has 1 fully saturated rings. The van der Waals surface area contributed by atoms with E-state index in [0.717, 1.165) is 25.7 Å². The molecule has 0 spiro atoms. The molecule has 0 bridgehead atoms. The van der Waals surface area contributed by atoms with Gasteiger partial charge in [0.15, 0.2) is 17.3 Å².